The van der Waals surface area contributed by atoms with Crippen molar-refractivity contribution >= 4 is 29.6 Å². The van der Waals surface area contributed by atoms with E-state index in [0.717, 1.165) is 6.92 Å². The van der Waals surface area contributed by atoms with Crippen molar-refractivity contribution in [2.45, 2.75) is 38.6 Å². The number of aromatic nitrogens is 4. The number of nitrogens with zero attached hydrogens (tertiary/aromatic N) is 4. The predicted molar refractivity (Wildman–Crippen MR) is 110 cm³/mol. The van der Waals surface area contributed by atoms with Crippen LogP contribution in [0.3, 0.4) is 0 Å². The van der Waals surface area contributed by atoms with E-state index in [2.05, 4.69) is 35.5 Å². The number of piperidine rings is 1. The number of H-pyrrole nitrogens is 1. The van der Waals surface area contributed by atoms with Crippen molar-refractivity contribution in [2.75, 3.05) is 30.4 Å². The van der Waals surface area contributed by atoms with E-state index in [4.69, 9.17) is 4.74 Å². The van der Waals surface area contributed by atoms with E-state index < -0.39 is 36.3 Å². The number of esters is 1. The molecule has 0 unspecified atom stereocenters. The molecule has 1 saturated heterocycles. The molecule has 3 N–H and O–H groups in total. The molecule has 3 rings (SSSR count). The molecule has 14 heteroatoms. The molecule has 2 aromatic rings. The van der Waals surface area contributed by atoms with E-state index in [1.165, 1.54) is 7.11 Å². The van der Waals surface area contributed by atoms with E-state index in [9.17, 15) is 22.8 Å². The average molecular weight is 471 g/mol. The van der Waals surface area contributed by atoms with Crippen molar-refractivity contribution in [1.82, 2.24) is 25.5 Å². The Bertz CT molecular complexity index is 971. The van der Waals surface area contributed by atoms with E-state index in [0.29, 0.717) is 17.3 Å². The number of nitrogens with one attached hydrogen (secondary N) is 3. The molecule has 1 aliphatic rings. The lowest BCUT2D eigenvalue weighted by Gasteiger charge is -2.37. The summed E-state index contributed by atoms with van der Waals surface area (Å²) in [5.41, 5.74) is 0.630. The van der Waals surface area contributed by atoms with Crippen LogP contribution in [-0.4, -0.2) is 70.7 Å². The van der Waals surface area contributed by atoms with Crippen molar-refractivity contribution < 1.29 is 32.2 Å². The monoisotopic (exact) mass is 471 g/mol. The van der Waals surface area contributed by atoms with Crippen LogP contribution in [0.15, 0.2) is 18.3 Å². The number of carbonyl (C=O) groups excluding carboxylic acids is 2. The van der Waals surface area contributed by atoms with Crippen LogP contribution >= 0.6 is 0 Å². The SMILES string of the molecule is COC(=O)[C@H]1C[C@H](NC(=O)O[C@@H](C)C(F)(F)F)CN(c2nc(C)cc(Nc3ccn[nH]3)n2)C1. The Morgan fingerprint density at radius 1 is 1.30 bits per heavy atom. The first-order valence-corrected chi connectivity index (χ1v) is 10.0. The van der Waals surface area contributed by atoms with Crippen LogP contribution in [-0.2, 0) is 14.3 Å². The molecule has 1 fully saturated rings. The van der Waals surface area contributed by atoms with Gasteiger partial charge in [-0.25, -0.2) is 9.78 Å². The van der Waals surface area contributed by atoms with Gasteiger partial charge in [0.2, 0.25) is 5.95 Å². The zero-order chi connectivity index (χ0) is 24.2. The molecule has 0 bridgehead atoms. The molecule has 0 aliphatic carbocycles. The van der Waals surface area contributed by atoms with Crippen LogP contribution < -0.4 is 15.5 Å². The van der Waals surface area contributed by atoms with Crippen LogP contribution in [0.2, 0.25) is 0 Å². The quantitative estimate of drug-likeness (QED) is 0.543. The first-order valence-electron chi connectivity index (χ1n) is 10.0. The highest BCUT2D eigenvalue weighted by atomic mass is 19.4. The first-order chi connectivity index (χ1) is 15.5. The number of ether oxygens (including phenoxy) is 2. The smallest absolute Gasteiger partial charge is 0.425 e. The summed E-state index contributed by atoms with van der Waals surface area (Å²) in [7, 11) is 1.23. The zero-order valence-electron chi connectivity index (χ0n) is 18.1. The number of aromatic amines is 1. The highest BCUT2D eigenvalue weighted by Gasteiger charge is 2.40. The Kier molecular flexibility index (Phi) is 7.23. The second kappa shape index (κ2) is 9.92. The number of anilines is 3. The molecule has 0 aromatic carbocycles. The Hall–Kier alpha value is -3.58. The number of amides is 1. The number of hydrogen-bond donors (Lipinski definition) is 3. The summed E-state index contributed by atoms with van der Waals surface area (Å²) in [6, 6.07) is 2.71. The van der Waals surface area contributed by atoms with Gasteiger partial charge in [-0.15, -0.1) is 0 Å². The zero-order valence-corrected chi connectivity index (χ0v) is 18.1. The van der Waals surface area contributed by atoms with Gasteiger partial charge in [-0.2, -0.15) is 23.3 Å². The van der Waals surface area contributed by atoms with Gasteiger partial charge in [-0.3, -0.25) is 9.89 Å². The van der Waals surface area contributed by atoms with Gasteiger partial charge in [0.05, 0.1) is 25.3 Å². The van der Waals surface area contributed by atoms with Crippen LogP contribution in [0.1, 0.15) is 19.0 Å². The topological polar surface area (TPSA) is 134 Å². The van der Waals surface area contributed by atoms with Crippen molar-refractivity contribution in [3.05, 3.63) is 24.0 Å². The summed E-state index contributed by atoms with van der Waals surface area (Å²) in [5, 5.41) is 12.0. The third-order valence-corrected chi connectivity index (χ3v) is 4.94. The molecule has 3 atom stereocenters. The fourth-order valence-electron chi connectivity index (χ4n) is 3.35. The molecule has 1 aliphatic heterocycles. The predicted octanol–water partition coefficient (Wildman–Crippen LogP) is 2.30. The molecule has 180 valence electrons. The maximum atomic E-state index is 12.7. The molecule has 33 heavy (non-hydrogen) atoms. The van der Waals surface area contributed by atoms with Crippen LogP contribution in [0.5, 0.6) is 0 Å². The van der Waals surface area contributed by atoms with Crippen LogP contribution in [0.25, 0.3) is 0 Å². The standard InChI is InChI=1S/C19H24F3N7O4/c1-10-6-15(26-14-4-5-23-28-14)27-17(24-10)29-8-12(16(30)32-3)7-13(9-29)25-18(31)33-11(2)19(20,21)22/h4-6,11-13H,7-9H2,1-3H3,(H,25,31)(H2,23,24,26,27,28)/t11-,12-,13-/m0/s1. The summed E-state index contributed by atoms with van der Waals surface area (Å²) < 4.78 is 47.3. The van der Waals surface area contributed by atoms with Gasteiger partial charge < -0.3 is 25.0 Å². The summed E-state index contributed by atoms with van der Waals surface area (Å²) in [6.45, 7) is 2.84. The number of hydrogen-bond acceptors (Lipinski definition) is 9. The van der Waals surface area contributed by atoms with Crippen LogP contribution in [0.4, 0.5) is 35.5 Å². The minimum absolute atomic E-state index is 0.149. The second-order valence-electron chi connectivity index (χ2n) is 7.58. The van der Waals surface area contributed by atoms with E-state index >= 15 is 0 Å². The molecule has 3 heterocycles. The minimum Gasteiger partial charge on any atom is -0.469 e. The lowest BCUT2D eigenvalue weighted by Crippen LogP contribution is -2.53. The lowest BCUT2D eigenvalue weighted by molar-refractivity contribution is -0.197. The molecule has 11 nitrogen and oxygen atoms in total. The molecular weight excluding hydrogens is 447 g/mol. The third kappa shape index (κ3) is 6.46. The van der Waals surface area contributed by atoms with Crippen molar-refractivity contribution in [1.29, 1.82) is 0 Å². The number of rotatable bonds is 6. The molecule has 0 spiro atoms. The van der Waals surface area contributed by atoms with Crippen molar-refractivity contribution in [3.63, 3.8) is 0 Å². The number of alkyl halides is 3. The summed E-state index contributed by atoms with van der Waals surface area (Å²) in [4.78, 5) is 34.8. The Balaban J connectivity index is 1.77. The largest absolute Gasteiger partial charge is 0.469 e. The molecule has 0 saturated carbocycles. The number of carbonyl (C=O) groups is 2. The van der Waals surface area contributed by atoms with Crippen molar-refractivity contribution in [2.24, 2.45) is 5.92 Å². The fraction of sp³-hybridized carbons (Fsp3) is 0.526. The molecule has 0 radical (unpaired) electrons. The number of alkyl carbamates (subject to hydrolysis) is 1. The highest BCUT2D eigenvalue weighted by Crippen LogP contribution is 2.25. The number of halogens is 3. The molecular formula is C19H24F3N7O4. The van der Waals surface area contributed by atoms with Gasteiger partial charge in [0, 0.05) is 30.9 Å². The minimum atomic E-state index is -4.68. The van der Waals surface area contributed by atoms with Gasteiger partial charge >= 0.3 is 18.2 Å². The maximum Gasteiger partial charge on any atom is 0.425 e. The van der Waals surface area contributed by atoms with E-state index in [-0.39, 0.29) is 25.5 Å². The maximum absolute atomic E-state index is 12.7. The Morgan fingerprint density at radius 2 is 2.06 bits per heavy atom. The van der Waals surface area contributed by atoms with Crippen LogP contribution in [0, 0.1) is 12.8 Å². The summed E-state index contributed by atoms with van der Waals surface area (Å²) in [5.74, 6) is 0.153. The molecule has 2 aromatic heterocycles. The molecule has 1 amide bonds. The summed E-state index contributed by atoms with van der Waals surface area (Å²) >= 11 is 0. The second-order valence-corrected chi connectivity index (χ2v) is 7.58. The average Bonchev–Trinajstić information content (AvgIpc) is 3.24. The van der Waals surface area contributed by atoms with Gasteiger partial charge in [0.15, 0.2) is 6.10 Å². The van der Waals surface area contributed by atoms with E-state index in [1.807, 2.05) is 0 Å². The van der Waals surface area contributed by atoms with E-state index in [1.54, 1.807) is 30.2 Å². The van der Waals surface area contributed by atoms with Gasteiger partial charge in [-0.05, 0) is 20.3 Å². The number of methoxy groups -OCH3 is 1. The summed E-state index contributed by atoms with van der Waals surface area (Å²) in [6.07, 6.45) is -6.47. The fourth-order valence-corrected chi connectivity index (χ4v) is 3.35. The highest BCUT2D eigenvalue weighted by molar-refractivity contribution is 5.74. The first kappa shape index (κ1) is 24.1. The van der Waals surface area contributed by atoms with Gasteiger partial charge in [0.25, 0.3) is 0 Å². The normalized spacial score (nSPS) is 19.5. The van der Waals surface area contributed by atoms with Gasteiger partial charge in [-0.1, -0.05) is 0 Å². The third-order valence-electron chi connectivity index (χ3n) is 4.94. The van der Waals surface area contributed by atoms with Crippen molar-refractivity contribution in [3.8, 4) is 0 Å². The lowest BCUT2D eigenvalue weighted by atomic mass is 9.94. The Labute approximate surface area is 187 Å². The van der Waals surface area contributed by atoms with Gasteiger partial charge in [0.1, 0.15) is 11.6 Å². The Morgan fingerprint density at radius 3 is 2.70 bits per heavy atom. The number of aryl methyl sites for hydroxylation is 1.